The highest BCUT2D eigenvalue weighted by Crippen LogP contribution is 2.39. The van der Waals surface area contributed by atoms with Crippen LogP contribution in [-0.2, 0) is 4.79 Å². The summed E-state index contributed by atoms with van der Waals surface area (Å²) in [5.74, 6) is 0.124. The fourth-order valence-corrected chi connectivity index (χ4v) is 3.15. The van der Waals surface area contributed by atoms with Crippen LogP contribution in [-0.4, -0.2) is 11.6 Å². The molecule has 1 aromatic rings. The largest absolute Gasteiger partial charge is 0.273 e. The van der Waals surface area contributed by atoms with Crippen molar-refractivity contribution in [2.24, 2.45) is 10.5 Å². The number of anilines is 1. The van der Waals surface area contributed by atoms with Gasteiger partial charge in [0.05, 0.1) is 5.69 Å². The molecule has 0 bridgehead atoms. The zero-order valence-electron chi connectivity index (χ0n) is 11.4. The molecule has 19 heavy (non-hydrogen) atoms. The summed E-state index contributed by atoms with van der Waals surface area (Å²) in [4.78, 5) is 12.4. The second-order valence-electron chi connectivity index (χ2n) is 5.89. The molecular formula is C16H20N2O. The molecule has 1 amide bonds. The molecule has 0 N–H and O–H groups in total. The first kappa shape index (κ1) is 12.4. The Hall–Kier alpha value is -1.64. The van der Waals surface area contributed by atoms with Crippen molar-refractivity contribution in [1.29, 1.82) is 0 Å². The van der Waals surface area contributed by atoms with Crippen molar-refractivity contribution in [2.45, 2.75) is 45.4 Å². The molecule has 2 aliphatic rings. The molecule has 100 valence electrons. The first-order chi connectivity index (χ1) is 9.19. The molecule has 1 fully saturated rings. The van der Waals surface area contributed by atoms with Gasteiger partial charge in [-0.25, -0.2) is 5.01 Å². The van der Waals surface area contributed by atoms with Gasteiger partial charge in [0, 0.05) is 17.5 Å². The van der Waals surface area contributed by atoms with Crippen LogP contribution in [0.2, 0.25) is 0 Å². The molecule has 0 aromatic heterocycles. The third-order valence-corrected chi connectivity index (χ3v) is 4.34. The first-order valence-electron chi connectivity index (χ1n) is 7.15. The summed E-state index contributed by atoms with van der Waals surface area (Å²) in [6.07, 6.45) is 6.40. The van der Waals surface area contributed by atoms with Crippen LogP contribution in [0, 0.1) is 5.41 Å². The molecule has 0 unspecified atom stereocenters. The fraction of sp³-hybridized carbons (Fsp3) is 0.500. The highest BCUT2D eigenvalue weighted by molar-refractivity contribution is 6.04. The minimum absolute atomic E-state index is 0.00113. The minimum atomic E-state index is -0.00113. The normalized spacial score (nSPS) is 27.5. The Kier molecular flexibility index (Phi) is 3.13. The molecule has 0 saturated heterocycles. The standard InChI is InChI=1S/C16H20N2O/c1-16-11-7-3-6-10-14(16)17-18(15(19)12-16)13-8-4-2-5-9-13/h2,4-5,8-9H,3,6-7,10-12H2,1H3/t16-/m0/s1. The molecule has 1 heterocycles. The Bertz CT molecular complexity index is 509. The van der Waals surface area contributed by atoms with Crippen molar-refractivity contribution < 1.29 is 4.79 Å². The van der Waals surface area contributed by atoms with E-state index in [2.05, 4.69) is 12.0 Å². The third-order valence-electron chi connectivity index (χ3n) is 4.34. The van der Waals surface area contributed by atoms with Crippen molar-refractivity contribution in [2.75, 3.05) is 5.01 Å². The molecule has 0 spiro atoms. The first-order valence-corrected chi connectivity index (χ1v) is 7.15. The molecule has 1 aliphatic carbocycles. The van der Waals surface area contributed by atoms with Crippen LogP contribution in [0.4, 0.5) is 5.69 Å². The number of nitrogens with zero attached hydrogens (tertiary/aromatic N) is 2. The molecule has 3 rings (SSSR count). The van der Waals surface area contributed by atoms with Gasteiger partial charge < -0.3 is 0 Å². The number of carbonyl (C=O) groups excluding carboxylic acids is 1. The van der Waals surface area contributed by atoms with E-state index in [1.807, 2.05) is 30.3 Å². The van der Waals surface area contributed by atoms with E-state index in [4.69, 9.17) is 0 Å². The number of hydrogen-bond donors (Lipinski definition) is 0. The van der Waals surface area contributed by atoms with E-state index in [1.165, 1.54) is 25.0 Å². The van der Waals surface area contributed by atoms with Gasteiger partial charge in [0.15, 0.2) is 0 Å². The zero-order chi connectivity index (χ0) is 13.3. The fourth-order valence-electron chi connectivity index (χ4n) is 3.15. The Morgan fingerprint density at radius 3 is 2.74 bits per heavy atom. The van der Waals surface area contributed by atoms with E-state index in [-0.39, 0.29) is 11.3 Å². The zero-order valence-corrected chi connectivity index (χ0v) is 11.4. The smallest absolute Gasteiger partial charge is 0.248 e. The lowest BCUT2D eigenvalue weighted by atomic mass is 9.76. The third kappa shape index (κ3) is 2.29. The lowest BCUT2D eigenvalue weighted by Crippen LogP contribution is -2.42. The van der Waals surface area contributed by atoms with Gasteiger partial charge in [0.25, 0.3) is 0 Å². The lowest BCUT2D eigenvalue weighted by molar-refractivity contribution is -0.120. The van der Waals surface area contributed by atoms with Crippen LogP contribution in [0.5, 0.6) is 0 Å². The van der Waals surface area contributed by atoms with Gasteiger partial charge in [-0.1, -0.05) is 38.0 Å². The topological polar surface area (TPSA) is 32.7 Å². The number of hydrogen-bond acceptors (Lipinski definition) is 2. The van der Waals surface area contributed by atoms with E-state index < -0.39 is 0 Å². The van der Waals surface area contributed by atoms with E-state index in [1.54, 1.807) is 5.01 Å². The second-order valence-corrected chi connectivity index (χ2v) is 5.89. The average Bonchev–Trinajstić information content (AvgIpc) is 2.59. The van der Waals surface area contributed by atoms with Crippen LogP contribution in [0.25, 0.3) is 0 Å². The van der Waals surface area contributed by atoms with Crippen LogP contribution < -0.4 is 5.01 Å². The predicted molar refractivity (Wildman–Crippen MR) is 77.2 cm³/mol. The molecule has 1 atom stereocenters. The predicted octanol–water partition coefficient (Wildman–Crippen LogP) is 3.75. The van der Waals surface area contributed by atoms with Crippen LogP contribution in [0.3, 0.4) is 0 Å². The Morgan fingerprint density at radius 2 is 1.95 bits per heavy atom. The molecule has 1 aliphatic heterocycles. The van der Waals surface area contributed by atoms with E-state index >= 15 is 0 Å². The maximum absolute atomic E-state index is 12.4. The monoisotopic (exact) mass is 256 g/mol. The van der Waals surface area contributed by atoms with Gasteiger partial charge in [-0.15, -0.1) is 0 Å². The minimum Gasteiger partial charge on any atom is -0.273 e. The van der Waals surface area contributed by atoms with Gasteiger partial charge in [-0.2, -0.15) is 5.10 Å². The van der Waals surface area contributed by atoms with Crippen molar-refractivity contribution in [1.82, 2.24) is 0 Å². The number of benzene rings is 1. The van der Waals surface area contributed by atoms with E-state index in [0.717, 1.165) is 18.5 Å². The molecule has 3 nitrogen and oxygen atoms in total. The Balaban J connectivity index is 1.98. The van der Waals surface area contributed by atoms with Gasteiger partial charge in [0.2, 0.25) is 5.91 Å². The van der Waals surface area contributed by atoms with Crippen LogP contribution >= 0.6 is 0 Å². The Labute approximate surface area is 114 Å². The lowest BCUT2D eigenvalue weighted by Gasteiger charge is -2.36. The quantitative estimate of drug-likeness (QED) is 0.753. The SMILES string of the molecule is C[C@@]12CCCCCC1=NN(c1ccccc1)C(=O)C2. The summed E-state index contributed by atoms with van der Waals surface area (Å²) in [6, 6.07) is 9.75. The van der Waals surface area contributed by atoms with Gasteiger partial charge >= 0.3 is 0 Å². The van der Waals surface area contributed by atoms with E-state index in [0.29, 0.717) is 6.42 Å². The number of carbonyl (C=O) groups is 1. The van der Waals surface area contributed by atoms with Gasteiger partial charge in [0.1, 0.15) is 0 Å². The Morgan fingerprint density at radius 1 is 1.16 bits per heavy atom. The number of para-hydroxylation sites is 1. The van der Waals surface area contributed by atoms with E-state index in [9.17, 15) is 4.79 Å². The van der Waals surface area contributed by atoms with Crippen molar-refractivity contribution in [3.05, 3.63) is 30.3 Å². The van der Waals surface area contributed by atoms with Gasteiger partial charge in [-0.3, -0.25) is 4.79 Å². The van der Waals surface area contributed by atoms with Gasteiger partial charge in [-0.05, 0) is 31.4 Å². The average molecular weight is 256 g/mol. The summed E-state index contributed by atoms with van der Waals surface area (Å²) in [5.41, 5.74) is 2.10. The number of fused-ring (bicyclic) bond motifs is 1. The second kappa shape index (κ2) is 4.80. The number of rotatable bonds is 1. The number of amides is 1. The summed E-state index contributed by atoms with van der Waals surface area (Å²) in [5, 5.41) is 6.29. The number of hydrazone groups is 1. The summed E-state index contributed by atoms with van der Waals surface area (Å²) >= 11 is 0. The molecule has 1 aromatic carbocycles. The molecule has 1 saturated carbocycles. The maximum Gasteiger partial charge on any atom is 0.248 e. The van der Waals surface area contributed by atoms with Crippen LogP contribution in [0.1, 0.15) is 45.4 Å². The summed E-state index contributed by atoms with van der Waals surface area (Å²) < 4.78 is 0. The molecule has 0 radical (unpaired) electrons. The van der Waals surface area contributed by atoms with Crippen molar-refractivity contribution in [3.8, 4) is 0 Å². The molecular weight excluding hydrogens is 236 g/mol. The van der Waals surface area contributed by atoms with Crippen molar-refractivity contribution >= 4 is 17.3 Å². The summed E-state index contributed by atoms with van der Waals surface area (Å²) in [6.45, 7) is 2.21. The highest BCUT2D eigenvalue weighted by Gasteiger charge is 2.40. The maximum atomic E-state index is 12.4. The van der Waals surface area contributed by atoms with Crippen LogP contribution in [0.15, 0.2) is 35.4 Å². The molecule has 3 heteroatoms. The highest BCUT2D eigenvalue weighted by atomic mass is 16.2. The summed E-state index contributed by atoms with van der Waals surface area (Å²) in [7, 11) is 0. The van der Waals surface area contributed by atoms with Crippen molar-refractivity contribution in [3.63, 3.8) is 0 Å².